The quantitative estimate of drug-likeness (QED) is 0.226. The first-order valence-corrected chi connectivity index (χ1v) is 18.5. The molecule has 0 saturated heterocycles. The van der Waals surface area contributed by atoms with Crippen molar-refractivity contribution in [3.63, 3.8) is 0 Å². The molecule has 33 heavy (non-hydrogen) atoms. The fourth-order valence-corrected chi connectivity index (χ4v) is 7.75. The highest BCUT2D eigenvalue weighted by molar-refractivity contribution is 6.74. The molecular formula is C27H46O4Si2. The molecule has 0 unspecified atom stereocenters. The molecule has 0 aromatic carbocycles. The molecule has 2 saturated carbocycles. The Bertz CT molecular complexity index is 855. The van der Waals surface area contributed by atoms with Crippen LogP contribution in [0, 0.1) is 29.6 Å². The second-order valence-corrected chi connectivity index (χ2v) is 23.0. The Kier molecular flexibility index (Phi) is 7.01. The number of allylic oxidation sites excluding steroid dienone is 2. The molecule has 3 aliphatic rings. The number of carboxylic acids is 1. The summed E-state index contributed by atoms with van der Waals surface area (Å²) in [4.78, 5) is 11.0. The Labute approximate surface area is 204 Å². The molecule has 0 spiro atoms. The van der Waals surface area contributed by atoms with Crippen LogP contribution in [0.25, 0.3) is 0 Å². The van der Waals surface area contributed by atoms with Gasteiger partial charge in [0.05, 0.1) is 6.10 Å². The van der Waals surface area contributed by atoms with E-state index in [1.165, 1.54) is 5.57 Å². The zero-order valence-electron chi connectivity index (χ0n) is 22.6. The van der Waals surface area contributed by atoms with Gasteiger partial charge in [-0.05, 0) is 73.8 Å². The van der Waals surface area contributed by atoms with Gasteiger partial charge in [-0.25, -0.2) is 0 Å². The van der Waals surface area contributed by atoms with E-state index < -0.39 is 28.2 Å². The molecule has 4 nitrogen and oxygen atoms in total. The van der Waals surface area contributed by atoms with Gasteiger partial charge in [-0.15, -0.1) is 0 Å². The average Bonchev–Trinajstić information content (AvgIpc) is 3.36. The molecule has 4 atom stereocenters. The number of aliphatic carboxylic acids is 1. The standard InChI is InChI=1S/C27H46O4Si2/c1-25(2,3)32(7,8)30-22-15-14-20-19(12-11-13-23(28)29)18-21(20)24(22)27(16-17-27)31-33(9,10)26(4,5)6/h12,20-22,24H,11,13-15,18H2,1-10H3,(H,28,29)/b19-12-/t20-,21+,22-,24+/m1/s1. The molecule has 2 fully saturated rings. The van der Waals surface area contributed by atoms with Crippen LogP contribution in [-0.4, -0.2) is 39.4 Å². The smallest absolute Gasteiger partial charge is 0.303 e. The summed E-state index contributed by atoms with van der Waals surface area (Å²) in [5.74, 6) is 7.46. The second kappa shape index (κ2) is 8.66. The monoisotopic (exact) mass is 490 g/mol. The third-order valence-electron chi connectivity index (χ3n) is 9.17. The first-order valence-electron chi connectivity index (χ1n) is 12.7. The minimum absolute atomic E-state index is 0.122. The second-order valence-electron chi connectivity index (χ2n) is 13.6. The zero-order valence-corrected chi connectivity index (χ0v) is 24.6. The predicted octanol–water partition coefficient (Wildman–Crippen LogP) is 6.99. The van der Waals surface area contributed by atoms with Crippen LogP contribution < -0.4 is 0 Å². The lowest BCUT2D eigenvalue weighted by atomic mass is 9.54. The summed E-state index contributed by atoms with van der Waals surface area (Å²) >= 11 is 0. The van der Waals surface area contributed by atoms with Gasteiger partial charge in [0.1, 0.15) is 0 Å². The molecule has 1 N–H and O–H groups in total. The molecule has 6 heteroatoms. The molecule has 3 aliphatic carbocycles. The van der Waals surface area contributed by atoms with E-state index in [0.29, 0.717) is 18.3 Å². The summed E-state index contributed by atoms with van der Waals surface area (Å²) in [7, 11) is -3.95. The molecule has 186 valence electrons. The highest BCUT2D eigenvalue weighted by Gasteiger charge is 2.62. The first kappa shape index (κ1) is 26.7. The van der Waals surface area contributed by atoms with Crippen LogP contribution in [0.2, 0.25) is 36.3 Å². The van der Waals surface area contributed by atoms with E-state index in [4.69, 9.17) is 14.0 Å². The lowest BCUT2D eigenvalue weighted by molar-refractivity contribution is -0.136. The van der Waals surface area contributed by atoms with Crippen LogP contribution in [-0.2, 0) is 13.6 Å². The number of hydrogen-bond acceptors (Lipinski definition) is 3. The van der Waals surface area contributed by atoms with E-state index in [9.17, 15) is 4.79 Å². The van der Waals surface area contributed by atoms with Crippen molar-refractivity contribution in [3.05, 3.63) is 11.6 Å². The summed E-state index contributed by atoms with van der Waals surface area (Å²) in [6, 6.07) is 0. The first-order chi connectivity index (χ1) is 14.9. The summed E-state index contributed by atoms with van der Waals surface area (Å²) in [6.45, 7) is 23.1. The van der Waals surface area contributed by atoms with Crippen LogP contribution in [0.15, 0.2) is 11.6 Å². The molecule has 0 amide bonds. The van der Waals surface area contributed by atoms with Crippen LogP contribution in [0.3, 0.4) is 0 Å². The van der Waals surface area contributed by atoms with Crippen molar-refractivity contribution in [1.29, 1.82) is 0 Å². The fourth-order valence-electron chi connectivity index (χ4n) is 5.03. The van der Waals surface area contributed by atoms with Gasteiger partial charge in [0.25, 0.3) is 0 Å². The maximum atomic E-state index is 11.0. The SMILES string of the molecule is CC(C)(C)[Si](C)(C)O[C@@H]1CC[C@@H]2/C(=C\CCC(=O)O)C[C@@H]2[C@@H]1C1(O[Si](C)(C)C(C)(C)C)C#C1. The Balaban J connectivity index is 1.86. The Hall–Kier alpha value is -0.876. The van der Waals surface area contributed by atoms with Gasteiger partial charge in [0, 0.05) is 12.3 Å². The molecule has 0 aromatic heterocycles. The molecule has 0 heterocycles. The topological polar surface area (TPSA) is 55.8 Å². The molecule has 0 bridgehead atoms. The van der Waals surface area contributed by atoms with Gasteiger partial charge < -0.3 is 14.0 Å². The van der Waals surface area contributed by atoms with E-state index in [1.54, 1.807) is 0 Å². The van der Waals surface area contributed by atoms with Crippen LogP contribution in [0.1, 0.15) is 73.6 Å². The van der Waals surface area contributed by atoms with Crippen molar-refractivity contribution in [3.8, 4) is 11.8 Å². The average molecular weight is 491 g/mol. The maximum absolute atomic E-state index is 11.0. The van der Waals surface area contributed by atoms with Crippen LogP contribution in [0.4, 0.5) is 0 Å². The van der Waals surface area contributed by atoms with Gasteiger partial charge in [0.15, 0.2) is 22.2 Å². The summed E-state index contributed by atoms with van der Waals surface area (Å²) < 4.78 is 14.1. The minimum Gasteiger partial charge on any atom is -0.481 e. The van der Waals surface area contributed by atoms with Crippen molar-refractivity contribution in [1.82, 2.24) is 0 Å². The van der Waals surface area contributed by atoms with E-state index in [2.05, 4.69) is 85.6 Å². The summed E-state index contributed by atoms with van der Waals surface area (Å²) in [5.41, 5.74) is 0.937. The largest absolute Gasteiger partial charge is 0.481 e. The van der Waals surface area contributed by atoms with E-state index in [-0.39, 0.29) is 28.5 Å². The lowest BCUT2D eigenvalue weighted by Gasteiger charge is -2.56. The van der Waals surface area contributed by atoms with Crippen LogP contribution in [0.5, 0.6) is 0 Å². The van der Waals surface area contributed by atoms with Crippen molar-refractivity contribution < 1.29 is 18.8 Å². The van der Waals surface area contributed by atoms with Gasteiger partial charge in [-0.2, -0.15) is 0 Å². The van der Waals surface area contributed by atoms with Gasteiger partial charge >= 0.3 is 5.97 Å². The van der Waals surface area contributed by atoms with Crippen molar-refractivity contribution >= 4 is 22.6 Å². The molecular weight excluding hydrogens is 444 g/mol. The Morgan fingerprint density at radius 3 is 2.12 bits per heavy atom. The summed E-state index contributed by atoms with van der Waals surface area (Å²) in [5, 5.41) is 9.30. The Morgan fingerprint density at radius 1 is 1.06 bits per heavy atom. The molecule has 3 rings (SSSR count). The predicted molar refractivity (Wildman–Crippen MR) is 140 cm³/mol. The van der Waals surface area contributed by atoms with E-state index in [0.717, 1.165) is 19.3 Å². The van der Waals surface area contributed by atoms with Gasteiger partial charge in [0.2, 0.25) is 0 Å². The van der Waals surface area contributed by atoms with Crippen LogP contribution >= 0.6 is 0 Å². The number of carbonyl (C=O) groups is 1. The van der Waals surface area contributed by atoms with Crippen molar-refractivity contribution in [2.24, 2.45) is 17.8 Å². The number of fused-ring (bicyclic) bond motifs is 1. The zero-order chi connectivity index (χ0) is 25.0. The van der Waals surface area contributed by atoms with Gasteiger partial charge in [-0.1, -0.05) is 65.0 Å². The number of rotatable bonds is 8. The number of hydrogen-bond donors (Lipinski definition) is 1. The maximum Gasteiger partial charge on any atom is 0.303 e. The Morgan fingerprint density at radius 2 is 1.64 bits per heavy atom. The summed E-state index contributed by atoms with van der Waals surface area (Å²) in [6.07, 6.45) is 6.37. The number of carboxylic acid groups (broad SMARTS) is 1. The molecule has 0 aliphatic heterocycles. The van der Waals surface area contributed by atoms with Crippen molar-refractivity contribution in [2.75, 3.05) is 0 Å². The highest BCUT2D eigenvalue weighted by atomic mass is 28.4. The third-order valence-corrected chi connectivity index (χ3v) is 18.1. The fraction of sp³-hybridized carbons (Fsp3) is 0.815. The van der Waals surface area contributed by atoms with E-state index >= 15 is 0 Å². The third kappa shape index (κ3) is 5.37. The lowest BCUT2D eigenvalue weighted by Crippen LogP contribution is -2.59. The van der Waals surface area contributed by atoms with E-state index in [1.807, 2.05) is 0 Å². The van der Waals surface area contributed by atoms with Gasteiger partial charge in [-0.3, -0.25) is 4.79 Å². The minimum atomic E-state index is -2.01. The molecule has 0 radical (unpaired) electrons. The normalized spacial score (nSPS) is 30.2. The highest BCUT2D eigenvalue weighted by Crippen LogP contribution is 2.59. The molecule has 0 aromatic rings. The van der Waals surface area contributed by atoms with Crippen molar-refractivity contribution in [2.45, 2.75) is 122 Å².